The van der Waals surface area contributed by atoms with E-state index in [1.54, 1.807) is 12.1 Å². The van der Waals surface area contributed by atoms with Crippen LogP contribution in [0.15, 0.2) is 53.8 Å². The van der Waals surface area contributed by atoms with Gasteiger partial charge in [0.15, 0.2) is 11.3 Å². The van der Waals surface area contributed by atoms with Crippen molar-refractivity contribution in [1.29, 1.82) is 0 Å². The molecular weight excluding hydrogens is 476 g/mol. The van der Waals surface area contributed by atoms with Crippen LogP contribution >= 0.6 is 0 Å². The first-order chi connectivity index (χ1) is 17.2. The van der Waals surface area contributed by atoms with E-state index in [2.05, 4.69) is 19.9 Å². The average molecular weight is 498 g/mol. The van der Waals surface area contributed by atoms with Gasteiger partial charge in [-0.2, -0.15) is 13.2 Å². The van der Waals surface area contributed by atoms with Crippen molar-refractivity contribution < 1.29 is 17.6 Å². The minimum atomic E-state index is -4.72. The van der Waals surface area contributed by atoms with Gasteiger partial charge in [-0.15, -0.1) is 0 Å². The zero-order valence-corrected chi connectivity index (χ0v) is 19.3. The number of aryl methyl sites for hydroxylation is 1. The Hall–Kier alpha value is -3.89. The maximum absolute atomic E-state index is 14.5. The van der Waals surface area contributed by atoms with Crippen LogP contribution in [0.25, 0.3) is 11.2 Å². The third-order valence-corrected chi connectivity index (χ3v) is 6.56. The number of fused-ring (bicyclic) bond motifs is 1. The zero-order chi connectivity index (χ0) is 25.4. The Morgan fingerprint density at radius 2 is 1.69 bits per heavy atom. The fraction of sp³-hybridized carbons (Fsp3) is 0.320. The lowest BCUT2D eigenvalue weighted by atomic mass is 9.86. The second-order valence-electron chi connectivity index (χ2n) is 8.77. The van der Waals surface area contributed by atoms with Gasteiger partial charge in [0.2, 0.25) is 0 Å². The second kappa shape index (κ2) is 9.29. The maximum atomic E-state index is 14.5. The second-order valence-corrected chi connectivity index (χ2v) is 8.77. The van der Waals surface area contributed by atoms with Crippen LogP contribution in [0.2, 0.25) is 0 Å². The van der Waals surface area contributed by atoms with Crippen LogP contribution in [-0.2, 0) is 12.7 Å². The van der Waals surface area contributed by atoms with Crippen LogP contribution in [0.3, 0.4) is 0 Å². The number of alkyl halides is 3. The number of hydrogen-bond acceptors (Lipinski definition) is 6. The summed E-state index contributed by atoms with van der Waals surface area (Å²) in [5, 5.41) is 0. The third-order valence-electron chi connectivity index (χ3n) is 6.56. The highest BCUT2D eigenvalue weighted by atomic mass is 19.4. The Labute approximate surface area is 203 Å². The number of rotatable bonds is 4. The molecule has 5 rings (SSSR count). The van der Waals surface area contributed by atoms with E-state index in [-0.39, 0.29) is 23.1 Å². The molecule has 0 radical (unpaired) electrons. The molecule has 4 heterocycles. The van der Waals surface area contributed by atoms with Crippen LogP contribution in [0.4, 0.5) is 23.2 Å². The lowest BCUT2D eigenvalue weighted by Crippen LogP contribution is -2.38. The Kier molecular flexibility index (Phi) is 6.15. The molecule has 3 aromatic heterocycles. The van der Waals surface area contributed by atoms with Crippen molar-refractivity contribution in [2.24, 2.45) is 0 Å². The summed E-state index contributed by atoms with van der Waals surface area (Å²) in [5.41, 5.74) is 0.387. The molecule has 7 nitrogen and oxygen atoms in total. The van der Waals surface area contributed by atoms with Gasteiger partial charge in [0.25, 0.3) is 5.56 Å². The van der Waals surface area contributed by atoms with Gasteiger partial charge in [-0.3, -0.25) is 19.3 Å². The molecule has 0 saturated carbocycles. The van der Waals surface area contributed by atoms with Crippen molar-refractivity contribution in [3.63, 3.8) is 0 Å². The zero-order valence-electron chi connectivity index (χ0n) is 19.3. The molecule has 4 aromatic rings. The minimum Gasteiger partial charge on any atom is -0.367 e. The number of halogens is 4. The monoisotopic (exact) mass is 498 g/mol. The maximum Gasteiger partial charge on any atom is 0.435 e. The standard InChI is InChI=1S/C25H22F4N6O/c1-15-3-2-4-17(26)21(15)16-5-11-34(12-6-16)20-13-18-23(33-10-8-30-18)35(24(20)36)14-19-22(25(27,28)29)32-9-7-31-19/h2-4,7-10,13,16H,5-6,11-12,14H2,1H3. The van der Waals surface area contributed by atoms with E-state index in [0.29, 0.717) is 42.7 Å². The van der Waals surface area contributed by atoms with Crippen LogP contribution in [0.1, 0.15) is 41.3 Å². The van der Waals surface area contributed by atoms with E-state index in [4.69, 9.17) is 0 Å². The van der Waals surface area contributed by atoms with E-state index >= 15 is 0 Å². The largest absolute Gasteiger partial charge is 0.435 e. The molecule has 1 aliphatic heterocycles. The molecule has 0 bridgehead atoms. The predicted molar refractivity (Wildman–Crippen MR) is 125 cm³/mol. The van der Waals surface area contributed by atoms with Gasteiger partial charge >= 0.3 is 6.18 Å². The molecule has 0 amide bonds. The van der Waals surface area contributed by atoms with E-state index in [1.807, 2.05) is 17.9 Å². The van der Waals surface area contributed by atoms with Gasteiger partial charge < -0.3 is 4.90 Å². The van der Waals surface area contributed by atoms with Gasteiger partial charge in [0, 0.05) is 37.9 Å². The minimum absolute atomic E-state index is 0.0128. The summed E-state index contributed by atoms with van der Waals surface area (Å²) < 4.78 is 56.2. The highest BCUT2D eigenvalue weighted by Crippen LogP contribution is 2.34. The topological polar surface area (TPSA) is 76.8 Å². The lowest BCUT2D eigenvalue weighted by molar-refractivity contribution is -0.142. The van der Waals surface area contributed by atoms with E-state index in [0.717, 1.165) is 22.5 Å². The average Bonchev–Trinajstić information content (AvgIpc) is 2.86. The summed E-state index contributed by atoms with van der Waals surface area (Å²) in [4.78, 5) is 31.2. The Bertz CT molecular complexity index is 1460. The first kappa shape index (κ1) is 23.8. The molecule has 0 atom stereocenters. The van der Waals surface area contributed by atoms with Gasteiger partial charge in [-0.05, 0) is 48.9 Å². The number of aromatic nitrogens is 5. The first-order valence-electron chi connectivity index (χ1n) is 11.5. The highest BCUT2D eigenvalue weighted by molar-refractivity contribution is 5.75. The molecule has 1 aliphatic rings. The molecule has 0 spiro atoms. The van der Waals surface area contributed by atoms with Gasteiger partial charge in [-0.1, -0.05) is 12.1 Å². The van der Waals surface area contributed by atoms with Crippen LogP contribution in [0.5, 0.6) is 0 Å². The molecule has 0 unspecified atom stereocenters. The molecular formula is C25H22F4N6O. The summed E-state index contributed by atoms with van der Waals surface area (Å²) in [5.74, 6) is -0.222. The Morgan fingerprint density at radius 1 is 1.00 bits per heavy atom. The summed E-state index contributed by atoms with van der Waals surface area (Å²) in [7, 11) is 0. The number of pyridine rings is 1. The normalized spacial score (nSPS) is 15.0. The molecule has 11 heteroatoms. The van der Waals surface area contributed by atoms with Crippen molar-refractivity contribution in [3.8, 4) is 0 Å². The van der Waals surface area contributed by atoms with Gasteiger partial charge in [0.05, 0.1) is 12.2 Å². The van der Waals surface area contributed by atoms with Crippen molar-refractivity contribution in [1.82, 2.24) is 24.5 Å². The van der Waals surface area contributed by atoms with Crippen molar-refractivity contribution in [3.05, 3.63) is 87.7 Å². The van der Waals surface area contributed by atoms with Crippen LogP contribution in [0, 0.1) is 12.7 Å². The first-order valence-corrected chi connectivity index (χ1v) is 11.5. The molecule has 0 N–H and O–H groups in total. The molecule has 0 aliphatic carbocycles. The van der Waals surface area contributed by atoms with Gasteiger partial charge in [0.1, 0.15) is 17.0 Å². The summed E-state index contributed by atoms with van der Waals surface area (Å²) in [6, 6.07) is 6.63. The van der Waals surface area contributed by atoms with E-state index in [9.17, 15) is 22.4 Å². The third kappa shape index (κ3) is 4.40. The summed E-state index contributed by atoms with van der Waals surface area (Å²) in [6.45, 7) is 2.39. The van der Waals surface area contributed by atoms with Crippen LogP contribution < -0.4 is 10.5 Å². The summed E-state index contributed by atoms with van der Waals surface area (Å²) >= 11 is 0. The SMILES string of the molecule is Cc1cccc(F)c1C1CCN(c2cc3nccnc3n(Cc3nccnc3C(F)(F)F)c2=O)CC1. The fourth-order valence-corrected chi connectivity index (χ4v) is 4.89. The number of piperidine rings is 1. The number of hydrogen-bond donors (Lipinski definition) is 0. The Balaban J connectivity index is 1.51. The quantitative estimate of drug-likeness (QED) is 0.386. The molecule has 1 saturated heterocycles. The Morgan fingerprint density at radius 3 is 2.42 bits per heavy atom. The smallest absolute Gasteiger partial charge is 0.367 e. The highest BCUT2D eigenvalue weighted by Gasteiger charge is 2.36. The van der Waals surface area contributed by atoms with Crippen LogP contribution in [-0.4, -0.2) is 37.6 Å². The van der Waals surface area contributed by atoms with Crippen molar-refractivity contribution in [2.45, 2.75) is 38.4 Å². The molecule has 1 fully saturated rings. The van der Waals surface area contributed by atoms with Crippen molar-refractivity contribution >= 4 is 16.9 Å². The molecule has 1 aromatic carbocycles. The van der Waals surface area contributed by atoms with Gasteiger partial charge in [-0.25, -0.2) is 14.4 Å². The predicted octanol–water partition coefficient (Wildman–Crippen LogP) is 4.48. The molecule has 36 heavy (non-hydrogen) atoms. The van der Waals surface area contributed by atoms with Crippen molar-refractivity contribution in [2.75, 3.05) is 18.0 Å². The lowest BCUT2D eigenvalue weighted by Gasteiger charge is -2.34. The number of nitrogens with zero attached hydrogens (tertiary/aromatic N) is 6. The summed E-state index contributed by atoms with van der Waals surface area (Å²) in [6.07, 6.45) is 1.48. The van der Waals surface area contributed by atoms with E-state index in [1.165, 1.54) is 18.5 Å². The number of anilines is 1. The molecule has 186 valence electrons. The fourth-order valence-electron chi connectivity index (χ4n) is 4.89. The number of benzene rings is 1. The van der Waals surface area contributed by atoms with E-state index < -0.39 is 24.0 Å².